The first-order valence-corrected chi connectivity index (χ1v) is 5.58. The summed E-state index contributed by atoms with van der Waals surface area (Å²) in [7, 11) is 0. The molecule has 0 aliphatic rings. The highest BCUT2D eigenvalue weighted by Gasteiger charge is 2.12. The van der Waals surface area contributed by atoms with Crippen LogP contribution in [0.5, 0.6) is 5.75 Å². The van der Waals surface area contributed by atoms with Crippen molar-refractivity contribution in [1.29, 1.82) is 0 Å². The number of ether oxygens (including phenoxy) is 1. The summed E-state index contributed by atoms with van der Waals surface area (Å²) in [4.78, 5) is 0. The Morgan fingerprint density at radius 2 is 1.60 bits per heavy atom. The monoisotopic (exact) mass is 247 g/mol. The maximum Gasteiger partial charge on any atom is 0.156 e. The predicted octanol–water partition coefficient (Wildman–Crippen LogP) is 3.80. The van der Waals surface area contributed by atoms with E-state index in [2.05, 4.69) is 0 Å². The van der Waals surface area contributed by atoms with E-state index in [1.54, 1.807) is 12.1 Å². The minimum absolute atomic E-state index is 0.0427. The Kier molecular flexibility index (Phi) is 4.26. The molecule has 0 radical (unpaired) electrons. The number of nitrogens with two attached hydrogens (primary N) is 1. The van der Waals surface area contributed by atoms with Crippen LogP contribution in [-0.2, 0) is 0 Å². The summed E-state index contributed by atoms with van der Waals surface area (Å²) in [6, 6.07) is 3.49. The summed E-state index contributed by atoms with van der Waals surface area (Å²) in [6.45, 7) is 5.73. The van der Waals surface area contributed by atoms with Crippen LogP contribution in [0.1, 0.15) is 32.4 Å². The third-order valence-corrected chi connectivity index (χ3v) is 2.46. The van der Waals surface area contributed by atoms with Crippen molar-refractivity contribution in [2.75, 3.05) is 0 Å². The number of rotatable bonds is 3. The van der Waals surface area contributed by atoms with Gasteiger partial charge in [0.2, 0.25) is 0 Å². The van der Waals surface area contributed by atoms with Gasteiger partial charge in [0.15, 0.2) is 5.75 Å². The molecule has 2 nitrogen and oxygen atoms in total. The van der Waals surface area contributed by atoms with Crippen molar-refractivity contribution in [1.82, 2.24) is 0 Å². The molecule has 0 aromatic heterocycles. The quantitative estimate of drug-likeness (QED) is 0.882. The molecule has 0 fully saturated rings. The van der Waals surface area contributed by atoms with Crippen molar-refractivity contribution in [2.45, 2.75) is 32.9 Å². The number of hydrogen-bond acceptors (Lipinski definition) is 2. The SMILES string of the molecule is CC(C)Oc1c(Cl)cc(C(C)N)cc1Cl. The summed E-state index contributed by atoms with van der Waals surface area (Å²) < 4.78 is 5.51. The molecule has 0 saturated carbocycles. The average molecular weight is 248 g/mol. The number of halogens is 2. The minimum Gasteiger partial charge on any atom is -0.488 e. The summed E-state index contributed by atoms with van der Waals surface area (Å²) in [6.07, 6.45) is 0.0427. The second-order valence-corrected chi connectivity index (χ2v) is 4.58. The third kappa shape index (κ3) is 3.26. The van der Waals surface area contributed by atoms with Crippen LogP contribution in [0.25, 0.3) is 0 Å². The zero-order valence-corrected chi connectivity index (χ0v) is 10.6. The highest BCUT2D eigenvalue weighted by atomic mass is 35.5. The summed E-state index contributed by atoms with van der Waals surface area (Å²) in [5, 5.41) is 1.01. The predicted molar refractivity (Wildman–Crippen MR) is 64.8 cm³/mol. The van der Waals surface area contributed by atoms with E-state index in [0.717, 1.165) is 5.56 Å². The van der Waals surface area contributed by atoms with Gasteiger partial charge in [-0.1, -0.05) is 23.2 Å². The topological polar surface area (TPSA) is 35.2 Å². The first-order valence-electron chi connectivity index (χ1n) is 4.83. The molecule has 84 valence electrons. The maximum atomic E-state index is 6.06. The lowest BCUT2D eigenvalue weighted by atomic mass is 10.1. The third-order valence-electron chi connectivity index (χ3n) is 1.90. The second kappa shape index (κ2) is 5.06. The minimum atomic E-state index is -0.0897. The molecule has 1 rings (SSSR count). The molecule has 0 bridgehead atoms. The molecule has 0 spiro atoms. The van der Waals surface area contributed by atoms with Gasteiger partial charge in [-0.25, -0.2) is 0 Å². The molecule has 2 N–H and O–H groups in total. The van der Waals surface area contributed by atoms with Gasteiger partial charge in [0.05, 0.1) is 16.1 Å². The van der Waals surface area contributed by atoms with Gasteiger partial charge in [-0.15, -0.1) is 0 Å². The van der Waals surface area contributed by atoms with E-state index in [1.165, 1.54) is 0 Å². The van der Waals surface area contributed by atoms with Crippen LogP contribution in [0, 0.1) is 0 Å². The molecule has 1 aromatic carbocycles. The molecule has 0 aliphatic heterocycles. The summed E-state index contributed by atoms with van der Waals surface area (Å²) >= 11 is 12.1. The highest BCUT2D eigenvalue weighted by molar-refractivity contribution is 6.37. The van der Waals surface area contributed by atoms with Crippen molar-refractivity contribution in [3.05, 3.63) is 27.7 Å². The van der Waals surface area contributed by atoms with E-state index in [4.69, 9.17) is 33.7 Å². The lowest BCUT2D eigenvalue weighted by Crippen LogP contribution is -2.08. The van der Waals surface area contributed by atoms with E-state index >= 15 is 0 Å². The fourth-order valence-electron chi connectivity index (χ4n) is 1.19. The van der Waals surface area contributed by atoms with Gasteiger partial charge >= 0.3 is 0 Å². The van der Waals surface area contributed by atoms with Gasteiger partial charge in [0, 0.05) is 6.04 Å². The number of hydrogen-bond donors (Lipinski definition) is 1. The fourth-order valence-corrected chi connectivity index (χ4v) is 1.78. The largest absolute Gasteiger partial charge is 0.488 e. The van der Waals surface area contributed by atoms with E-state index in [9.17, 15) is 0 Å². The molecule has 0 heterocycles. The lowest BCUT2D eigenvalue weighted by molar-refractivity contribution is 0.242. The Morgan fingerprint density at radius 3 is 1.93 bits per heavy atom. The fraction of sp³-hybridized carbons (Fsp3) is 0.455. The molecule has 1 atom stereocenters. The highest BCUT2D eigenvalue weighted by Crippen LogP contribution is 2.36. The van der Waals surface area contributed by atoms with Crippen LogP contribution in [0.15, 0.2) is 12.1 Å². The van der Waals surface area contributed by atoms with Crippen molar-refractivity contribution >= 4 is 23.2 Å². The van der Waals surface area contributed by atoms with Gasteiger partial charge in [-0.3, -0.25) is 0 Å². The Labute approximate surface area is 100 Å². The van der Waals surface area contributed by atoms with E-state index in [0.29, 0.717) is 15.8 Å². The van der Waals surface area contributed by atoms with Crippen molar-refractivity contribution in [2.24, 2.45) is 5.73 Å². The zero-order chi connectivity index (χ0) is 11.6. The number of benzene rings is 1. The van der Waals surface area contributed by atoms with Crippen molar-refractivity contribution < 1.29 is 4.74 Å². The van der Waals surface area contributed by atoms with Crippen molar-refractivity contribution in [3.63, 3.8) is 0 Å². The smallest absolute Gasteiger partial charge is 0.156 e. The molecule has 0 aliphatic carbocycles. The van der Waals surface area contributed by atoms with E-state index in [-0.39, 0.29) is 12.1 Å². The van der Waals surface area contributed by atoms with Gasteiger partial charge in [0.1, 0.15) is 0 Å². The first kappa shape index (κ1) is 12.6. The zero-order valence-electron chi connectivity index (χ0n) is 9.05. The Balaban J connectivity index is 3.10. The molecular formula is C11H15Cl2NO. The van der Waals surface area contributed by atoms with Gasteiger partial charge in [-0.2, -0.15) is 0 Å². The van der Waals surface area contributed by atoms with Gasteiger partial charge in [-0.05, 0) is 38.5 Å². The van der Waals surface area contributed by atoms with Crippen LogP contribution in [0.2, 0.25) is 10.0 Å². The van der Waals surface area contributed by atoms with E-state index in [1.807, 2.05) is 20.8 Å². The maximum absolute atomic E-state index is 6.06. The molecule has 1 aromatic rings. The van der Waals surface area contributed by atoms with E-state index < -0.39 is 0 Å². The molecule has 0 saturated heterocycles. The first-order chi connectivity index (χ1) is 6.91. The lowest BCUT2D eigenvalue weighted by Gasteiger charge is -2.15. The van der Waals surface area contributed by atoms with Crippen LogP contribution in [0.4, 0.5) is 0 Å². The molecule has 15 heavy (non-hydrogen) atoms. The van der Waals surface area contributed by atoms with Crippen LogP contribution in [-0.4, -0.2) is 6.10 Å². The summed E-state index contributed by atoms with van der Waals surface area (Å²) in [5.41, 5.74) is 6.65. The molecule has 4 heteroatoms. The van der Waals surface area contributed by atoms with Gasteiger partial charge < -0.3 is 10.5 Å². The van der Waals surface area contributed by atoms with Crippen LogP contribution < -0.4 is 10.5 Å². The van der Waals surface area contributed by atoms with Gasteiger partial charge in [0.25, 0.3) is 0 Å². The van der Waals surface area contributed by atoms with Crippen LogP contribution >= 0.6 is 23.2 Å². The van der Waals surface area contributed by atoms with Crippen LogP contribution in [0.3, 0.4) is 0 Å². The molecular weight excluding hydrogens is 233 g/mol. The second-order valence-electron chi connectivity index (χ2n) is 3.77. The average Bonchev–Trinajstić information content (AvgIpc) is 2.10. The molecule has 1 unspecified atom stereocenters. The molecule has 0 amide bonds. The summed E-state index contributed by atoms with van der Waals surface area (Å²) in [5.74, 6) is 0.526. The van der Waals surface area contributed by atoms with Crippen molar-refractivity contribution in [3.8, 4) is 5.75 Å². The Hall–Kier alpha value is -0.440. The Bertz CT molecular complexity index is 327. The standard InChI is InChI=1S/C11H15Cl2NO/c1-6(2)15-11-9(12)4-8(7(3)14)5-10(11)13/h4-7H,14H2,1-3H3. The Morgan fingerprint density at radius 1 is 1.13 bits per heavy atom. The normalized spacial score (nSPS) is 13.0.